The lowest BCUT2D eigenvalue weighted by atomic mass is 10.1. The first-order valence-corrected chi connectivity index (χ1v) is 7.97. The van der Waals surface area contributed by atoms with Crippen molar-refractivity contribution in [3.63, 3.8) is 0 Å². The van der Waals surface area contributed by atoms with Gasteiger partial charge in [0.15, 0.2) is 11.4 Å². The standard InChI is InChI=1S/C19H14N4O3/c24-18-8-6-13(11-17(18)23(25)26)10-15-12-20-19-9-7-16(21-22(15)19)14-4-2-1-3-5-14/h1-9,11-12,24H,10H2. The molecule has 0 fully saturated rings. The highest BCUT2D eigenvalue weighted by Crippen LogP contribution is 2.27. The Hall–Kier alpha value is -3.74. The molecular weight excluding hydrogens is 332 g/mol. The molecule has 2 heterocycles. The molecule has 0 amide bonds. The maximum Gasteiger partial charge on any atom is 0.310 e. The van der Waals surface area contributed by atoms with E-state index >= 15 is 0 Å². The summed E-state index contributed by atoms with van der Waals surface area (Å²) in [6, 6.07) is 18.0. The van der Waals surface area contributed by atoms with E-state index in [4.69, 9.17) is 0 Å². The summed E-state index contributed by atoms with van der Waals surface area (Å²) in [6.07, 6.45) is 2.11. The summed E-state index contributed by atoms with van der Waals surface area (Å²) in [5, 5.41) is 25.2. The van der Waals surface area contributed by atoms with Crippen molar-refractivity contribution in [2.45, 2.75) is 6.42 Å². The average molecular weight is 346 g/mol. The first kappa shape index (κ1) is 15.8. The SMILES string of the molecule is O=[N+]([O-])c1cc(Cc2cnc3ccc(-c4ccccc4)nn23)ccc1O. The molecule has 7 heteroatoms. The summed E-state index contributed by atoms with van der Waals surface area (Å²) in [5.41, 5.74) is 3.70. The van der Waals surface area contributed by atoms with Crippen molar-refractivity contribution in [2.24, 2.45) is 0 Å². The number of nitro benzene ring substituents is 1. The Morgan fingerprint density at radius 3 is 2.65 bits per heavy atom. The third-order valence-electron chi connectivity index (χ3n) is 4.12. The van der Waals surface area contributed by atoms with E-state index in [0.717, 1.165) is 17.0 Å². The second kappa shape index (κ2) is 6.29. The molecule has 0 spiro atoms. The van der Waals surface area contributed by atoms with Crippen molar-refractivity contribution in [3.05, 3.63) is 88.2 Å². The zero-order chi connectivity index (χ0) is 18.1. The van der Waals surface area contributed by atoms with Crippen molar-refractivity contribution in [1.29, 1.82) is 0 Å². The van der Waals surface area contributed by atoms with Gasteiger partial charge >= 0.3 is 5.69 Å². The number of hydrogen-bond donors (Lipinski definition) is 1. The molecule has 2 aromatic carbocycles. The number of rotatable bonds is 4. The molecule has 0 unspecified atom stereocenters. The molecule has 4 rings (SSSR count). The Morgan fingerprint density at radius 1 is 1.08 bits per heavy atom. The molecule has 0 aliphatic carbocycles. The largest absolute Gasteiger partial charge is 0.502 e. The summed E-state index contributed by atoms with van der Waals surface area (Å²) in [7, 11) is 0. The van der Waals surface area contributed by atoms with E-state index in [2.05, 4.69) is 10.1 Å². The lowest BCUT2D eigenvalue weighted by molar-refractivity contribution is -0.385. The topological polar surface area (TPSA) is 93.6 Å². The summed E-state index contributed by atoms with van der Waals surface area (Å²) in [5.74, 6) is -0.346. The second-order valence-electron chi connectivity index (χ2n) is 5.86. The highest BCUT2D eigenvalue weighted by molar-refractivity contribution is 5.60. The molecule has 7 nitrogen and oxygen atoms in total. The highest BCUT2D eigenvalue weighted by Gasteiger charge is 2.15. The fourth-order valence-corrected chi connectivity index (χ4v) is 2.84. The molecule has 128 valence electrons. The van der Waals surface area contributed by atoms with Gasteiger partial charge in [-0.1, -0.05) is 36.4 Å². The zero-order valence-corrected chi connectivity index (χ0v) is 13.6. The Kier molecular flexibility index (Phi) is 3.81. The molecule has 2 aromatic heterocycles. The van der Waals surface area contributed by atoms with E-state index in [1.165, 1.54) is 12.1 Å². The van der Waals surface area contributed by atoms with Crippen molar-refractivity contribution in [1.82, 2.24) is 14.6 Å². The number of phenolic OH excluding ortho intramolecular Hbond substituents is 1. The van der Waals surface area contributed by atoms with Crippen molar-refractivity contribution in [3.8, 4) is 17.0 Å². The Labute approximate surface area is 148 Å². The maximum absolute atomic E-state index is 11.0. The van der Waals surface area contributed by atoms with Gasteiger partial charge in [-0.3, -0.25) is 10.1 Å². The minimum Gasteiger partial charge on any atom is -0.502 e. The lowest BCUT2D eigenvalue weighted by Crippen LogP contribution is -2.01. The molecule has 0 aliphatic rings. The van der Waals surface area contributed by atoms with Gasteiger partial charge in [0.2, 0.25) is 0 Å². The van der Waals surface area contributed by atoms with Gasteiger partial charge in [0, 0.05) is 18.1 Å². The second-order valence-corrected chi connectivity index (χ2v) is 5.86. The molecule has 26 heavy (non-hydrogen) atoms. The van der Waals surface area contributed by atoms with Crippen LogP contribution < -0.4 is 0 Å². The molecule has 0 saturated heterocycles. The van der Waals surface area contributed by atoms with Gasteiger partial charge in [0.25, 0.3) is 0 Å². The number of aromatic nitrogens is 3. The first-order valence-electron chi connectivity index (χ1n) is 7.97. The number of phenols is 1. The predicted molar refractivity (Wildman–Crippen MR) is 96.0 cm³/mol. The number of benzene rings is 2. The van der Waals surface area contributed by atoms with Crippen LogP contribution in [0.15, 0.2) is 66.9 Å². The molecule has 0 bridgehead atoms. The van der Waals surface area contributed by atoms with Gasteiger partial charge in [0.1, 0.15) is 0 Å². The van der Waals surface area contributed by atoms with E-state index in [-0.39, 0.29) is 11.4 Å². The molecule has 0 aliphatic heterocycles. The number of aromatic hydroxyl groups is 1. The van der Waals surface area contributed by atoms with Gasteiger partial charge in [-0.25, -0.2) is 9.50 Å². The zero-order valence-electron chi connectivity index (χ0n) is 13.6. The minimum atomic E-state index is -0.598. The number of hydrogen-bond acceptors (Lipinski definition) is 5. The van der Waals surface area contributed by atoms with Crippen LogP contribution in [-0.4, -0.2) is 24.6 Å². The number of fused-ring (bicyclic) bond motifs is 1. The van der Waals surface area contributed by atoms with Gasteiger partial charge < -0.3 is 5.11 Å². The third-order valence-corrected chi connectivity index (χ3v) is 4.12. The molecular formula is C19H14N4O3. The van der Waals surface area contributed by atoms with E-state index in [9.17, 15) is 15.2 Å². The summed E-state index contributed by atoms with van der Waals surface area (Å²) in [6.45, 7) is 0. The lowest BCUT2D eigenvalue weighted by Gasteiger charge is -2.05. The maximum atomic E-state index is 11.0. The molecule has 4 aromatic rings. The Balaban J connectivity index is 1.73. The van der Waals surface area contributed by atoms with Gasteiger partial charge in [0.05, 0.1) is 22.5 Å². The molecule has 0 radical (unpaired) electrons. The summed E-state index contributed by atoms with van der Waals surface area (Å²) < 4.78 is 1.74. The number of imidazole rings is 1. The Bertz CT molecular complexity index is 1110. The van der Waals surface area contributed by atoms with Crippen LogP contribution in [0.4, 0.5) is 5.69 Å². The predicted octanol–water partition coefficient (Wildman–Crippen LogP) is 3.60. The smallest absolute Gasteiger partial charge is 0.310 e. The van der Waals surface area contributed by atoms with Crippen LogP contribution in [0.1, 0.15) is 11.3 Å². The number of nitro groups is 1. The van der Waals surface area contributed by atoms with Crippen molar-refractivity contribution in [2.75, 3.05) is 0 Å². The summed E-state index contributed by atoms with van der Waals surface area (Å²) in [4.78, 5) is 14.7. The van der Waals surface area contributed by atoms with E-state index in [1.807, 2.05) is 42.5 Å². The van der Waals surface area contributed by atoms with Crippen molar-refractivity contribution >= 4 is 11.3 Å². The highest BCUT2D eigenvalue weighted by atomic mass is 16.6. The van der Waals surface area contributed by atoms with Gasteiger partial charge in [-0.2, -0.15) is 5.10 Å². The number of nitrogens with zero attached hydrogens (tertiary/aromatic N) is 4. The minimum absolute atomic E-state index is 0.311. The quantitative estimate of drug-likeness (QED) is 0.450. The molecule has 0 atom stereocenters. The van der Waals surface area contributed by atoms with E-state index in [0.29, 0.717) is 17.6 Å². The van der Waals surface area contributed by atoms with E-state index in [1.54, 1.807) is 16.8 Å². The van der Waals surface area contributed by atoms with Crippen LogP contribution in [0, 0.1) is 10.1 Å². The van der Waals surface area contributed by atoms with Crippen molar-refractivity contribution < 1.29 is 10.0 Å². The molecule has 1 N–H and O–H groups in total. The summed E-state index contributed by atoms with van der Waals surface area (Å²) >= 11 is 0. The van der Waals surface area contributed by atoms with Crippen LogP contribution in [0.25, 0.3) is 16.9 Å². The van der Waals surface area contributed by atoms with Crippen LogP contribution in [0.2, 0.25) is 0 Å². The van der Waals surface area contributed by atoms with Gasteiger partial charge in [-0.05, 0) is 23.8 Å². The van der Waals surface area contributed by atoms with Gasteiger partial charge in [-0.15, -0.1) is 0 Å². The van der Waals surface area contributed by atoms with Crippen LogP contribution in [-0.2, 0) is 6.42 Å². The molecule has 0 saturated carbocycles. The fraction of sp³-hybridized carbons (Fsp3) is 0.0526. The van der Waals surface area contributed by atoms with Crippen LogP contribution >= 0.6 is 0 Å². The first-order chi connectivity index (χ1) is 12.6. The van der Waals surface area contributed by atoms with Crippen LogP contribution in [0.3, 0.4) is 0 Å². The van der Waals surface area contributed by atoms with Crippen LogP contribution in [0.5, 0.6) is 5.75 Å². The van der Waals surface area contributed by atoms with E-state index < -0.39 is 4.92 Å². The average Bonchev–Trinajstić information content (AvgIpc) is 3.06. The normalized spacial score (nSPS) is 10.9. The third kappa shape index (κ3) is 2.86. The Morgan fingerprint density at radius 2 is 1.88 bits per heavy atom. The fourth-order valence-electron chi connectivity index (χ4n) is 2.84. The monoisotopic (exact) mass is 346 g/mol.